The highest BCUT2D eigenvalue weighted by Gasteiger charge is 2.33. The number of halogens is 4. The highest BCUT2D eigenvalue weighted by Crippen LogP contribution is 2.32. The van der Waals surface area contributed by atoms with Gasteiger partial charge in [-0.25, -0.2) is 0 Å². The number of nitrogens with zero attached hydrogens (tertiary/aromatic N) is 1. The molecule has 0 aliphatic heterocycles. The number of aromatic nitrogens is 1. The van der Waals surface area contributed by atoms with E-state index in [4.69, 9.17) is 11.6 Å². The van der Waals surface area contributed by atoms with Crippen LogP contribution in [-0.4, -0.2) is 22.3 Å². The fourth-order valence-corrected chi connectivity index (χ4v) is 4.51. The lowest BCUT2D eigenvalue weighted by atomic mass is 10.1. The predicted octanol–water partition coefficient (Wildman–Crippen LogP) is 6.31. The third-order valence-corrected chi connectivity index (χ3v) is 6.89. The molecule has 3 amide bonds. The Morgan fingerprint density at radius 1 is 0.902 bits per heavy atom. The number of carbonyl (C=O) groups is 3. The largest absolute Gasteiger partial charge is 0.416 e. The van der Waals surface area contributed by atoms with E-state index in [0.29, 0.717) is 22.2 Å². The molecule has 0 atom stereocenters. The number of nitrogens with one attached hydrogen (secondary N) is 3. The van der Waals surface area contributed by atoms with Gasteiger partial charge in [-0.3, -0.25) is 14.4 Å². The number of hydrogen-bond acceptors (Lipinski definition) is 3. The van der Waals surface area contributed by atoms with Crippen LogP contribution in [0.25, 0.3) is 10.9 Å². The van der Waals surface area contributed by atoms with E-state index in [1.165, 1.54) is 18.2 Å². The smallest absolute Gasteiger partial charge is 0.352 e. The minimum atomic E-state index is -4.53. The first-order chi connectivity index (χ1) is 19.3. The molecule has 0 saturated heterocycles. The van der Waals surface area contributed by atoms with E-state index in [0.717, 1.165) is 6.07 Å². The molecule has 41 heavy (non-hydrogen) atoms. The van der Waals surface area contributed by atoms with E-state index >= 15 is 0 Å². The summed E-state index contributed by atoms with van der Waals surface area (Å²) in [5, 5.41) is 9.05. The molecule has 0 saturated carbocycles. The van der Waals surface area contributed by atoms with E-state index in [9.17, 15) is 27.6 Å². The van der Waals surface area contributed by atoms with Crippen LogP contribution in [0.5, 0.6) is 0 Å². The molecule has 0 radical (unpaired) electrons. The number of benzene rings is 3. The van der Waals surface area contributed by atoms with Gasteiger partial charge in [-0.15, -0.1) is 0 Å². The van der Waals surface area contributed by atoms with Crippen LogP contribution in [0.2, 0.25) is 5.02 Å². The Bertz CT molecular complexity index is 1630. The Morgan fingerprint density at radius 3 is 2.34 bits per heavy atom. The third-order valence-electron chi connectivity index (χ3n) is 6.56. The lowest BCUT2D eigenvalue weighted by Gasteiger charge is -2.13. The minimum absolute atomic E-state index is 0.0397. The maximum Gasteiger partial charge on any atom is 0.416 e. The summed E-state index contributed by atoms with van der Waals surface area (Å²) in [4.78, 5) is 37.8. The molecule has 1 heterocycles. The first kappa shape index (κ1) is 29.7. The van der Waals surface area contributed by atoms with Crippen LogP contribution < -0.4 is 16.0 Å². The van der Waals surface area contributed by atoms with Gasteiger partial charge in [-0.05, 0) is 53.6 Å². The van der Waals surface area contributed by atoms with Crippen LogP contribution in [0.3, 0.4) is 0 Å². The molecule has 11 heteroatoms. The lowest BCUT2D eigenvalue weighted by molar-refractivity contribution is -0.138. The summed E-state index contributed by atoms with van der Waals surface area (Å²) in [7, 11) is 1.67. The number of carbonyl (C=O) groups excluding carboxylic acids is 3. The maximum absolute atomic E-state index is 13.3. The molecule has 0 unspecified atom stereocenters. The number of anilines is 1. The maximum atomic E-state index is 13.3. The van der Waals surface area contributed by atoms with Crippen molar-refractivity contribution in [1.29, 1.82) is 0 Å². The minimum Gasteiger partial charge on any atom is -0.352 e. The van der Waals surface area contributed by atoms with Gasteiger partial charge in [0.05, 0.1) is 16.1 Å². The highest BCUT2D eigenvalue weighted by molar-refractivity contribution is 6.34. The molecule has 0 aliphatic carbocycles. The van der Waals surface area contributed by atoms with Gasteiger partial charge in [-0.1, -0.05) is 49.7 Å². The molecule has 3 N–H and O–H groups in total. The SMILES string of the molecule is CC(C)C(=O)NCc1ccc(Cl)c(C(=O)Nc2ccc3c(c2)cc(C(=O)NCc2ccccc2C(F)(F)F)n3C)c1. The van der Waals surface area contributed by atoms with Gasteiger partial charge in [0.25, 0.3) is 11.8 Å². The average Bonchev–Trinajstić information content (AvgIpc) is 3.26. The van der Waals surface area contributed by atoms with Gasteiger partial charge in [0, 0.05) is 42.6 Å². The van der Waals surface area contributed by atoms with Crippen LogP contribution in [0.15, 0.2) is 66.7 Å². The van der Waals surface area contributed by atoms with Crippen LogP contribution in [0.4, 0.5) is 18.9 Å². The average molecular weight is 585 g/mol. The summed E-state index contributed by atoms with van der Waals surface area (Å²) >= 11 is 6.27. The first-order valence-electron chi connectivity index (χ1n) is 12.8. The van der Waals surface area contributed by atoms with E-state index in [1.807, 2.05) is 0 Å². The van der Waals surface area contributed by atoms with Crippen molar-refractivity contribution >= 4 is 45.9 Å². The molecule has 7 nitrogen and oxygen atoms in total. The zero-order chi connectivity index (χ0) is 29.9. The van der Waals surface area contributed by atoms with E-state index < -0.39 is 23.6 Å². The highest BCUT2D eigenvalue weighted by atomic mass is 35.5. The summed E-state index contributed by atoms with van der Waals surface area (Å²) < 4.78 is 41.5. The third kappa shape index (κ3) is 6.89. The van der Waals surface area contributed by atoms with E-state index in [1.54, 1.807) is 67.9 Å². The van der Waals surface area contributed by atoms with Crippen molar-refractivity contribution in [2.45, 2.75) is 33.1 Å². The quantitative estimate of drug-likeness (QED) is 0.227. The molecular formula is C30H28ClF3N4O3. The van der Waals surface area contributed by atoms with Crippen molar-refractivity contribution in [3.05, 3.63) is 99.7 Å². The normalized spacial score (nSPS) is 11.5. The molecule has 214 valence electrons. The first-order valence-corrected chi connectivity index (χ1v) is 13.1. The van der Waals surface area contributed by atoms with Crippen molar-refractivity contribution in [3.63, 3.8) is 0 Å². The van der Waals surface area contributed by atoms with E-state index in [-0.39, 0.29) is 46.8 Å². The van der Waals surface area contributed by atoms with Gasteiger partial charge < -0.3 is 20.5 Å². The molecule has 0 aliphatic rings. The summed E-state index contributed by atoms with van der Waals surface area (Å²) in [6, 6.07) is 16.7. The fourth-order valence-electron chi connectivity index (χ4n) is 4.31. The molecule has 3 aromatic carbocycles. The van der Waals surface area contributed by atoms with Gasteiger partial charge in [-0.2, -0.15) is 13.2 Å². The number of fused-ring (bicyclic) bond motifs is 1. The number of hydrogen-bond donors (Lipinski definition) is 3. The lowest BCUT2D eigenvalue weighted by Crippen LogP contribution is -2.27. The van der Waals surface area contributed by atoms with Crippen LogP contribution >= 0.6 is 11.6 Å². The number of rotatable bonds is 8. The van der Waals surface area contributed by atoms with Crippen LogP contribution in [-0.2, 0) is 31.1 Å². The summed E-state index contributed by atoms with van der Waals surface area (Å²) in [5.74, 6) is -1.28. The van der Waals surface area contributed by atoms with Crippen molar-refractivity contribution < 1.29 is 27.6 Å². The van der Waals surface area contributed by atoms with Crippen molar-refractivity contribution in [2.75, 3.05) is 5.32 Å². The van der Waals surface area contributed by atoms with Crippen molar-refractivity contribution in [1.82, 2.24) is 15.2 Å². The van der Waals surface area contributed by atoms with Crippen molar-refractivity contribution in [2.24, 2.45) is 13.0 Å². The number of aryl methyl sites for hydroxylation is 1. The summed E-state index contributed by atoms with van der Waals surface area (Å²) in [5.41, 5.74) is 1.48. The standard InChI is InChI=1S/C30H28ClF3N4O3/c1-17(2)27(39)35-15-18-8-10-24(31)22(12-18)28(40)37-21-9-11-25-20(13-21)14-26(38(25)3)29(41)36-16-19-6-4-5-7-23(19)30(32,33)34/h4-14,17H,15-16H2,1-3H3,(H,35,39)(H,36,41)(H,37,40). The Balaban J connectivity index is 1.48. The topological polar surface area (TPSA) is 92.2 Å². The monoisotopic (exact) mass is 584 g/mol. The van der Waals surface area contributed by atoms with Gasteiger partial charge in [0.1, 0.15) is 5.69 Å². The molecule has 0 fully saturated rings. The van der Waals surface area contributed by atoms with E-state index in [2.05, 4.69) is 16.0 Å². The second kappa shape index (κ2) is 12.1. The van der Waals surface area contributed by atoms with Crippen LogP contribution in [0, 0.1) is 5.92 Å². The second-order valence-corrected chi connectivity index (χ2v) is 10.2. The van der Waals surface area contributed by atoms with Crippen LogP contribution in [0.1, 0.15) is 51.4 Å². The Kier molecular flexibility index (Phi) is 8.72. The molecular weight excluding hydrogens is 557 g/mol. The molecule has 0 spiro atoms. The summed E-state index contributed by atoms with van der Waals surface area (Å²) in [6.07, 6.45) is -4.53. The number of amides is 3. The Morgan fingerprint density at radius 2 is 1.63 bits per heavy atom. The zero-order valence-electron chi connectivity index (χ0n) is 22.5. The fraction of sp³-hybridized carbons (Fsp3) is 0.233. The molecule has 4 aromatic rings. The second-order valence-electron chi connectivity index (χ2n) is 9.84. The summed E-state index contributed by atoms with van der Waals surface area (Å²) in [6.45, 7) is 3.52. The number of alkyl halides is 3. The predicted molar refractivity (Wildman–Crippen MR) is 152 cm³/mol. The molecule has 0 bridgehead atoms. The molecule has 4 rings (SSSR count). The zero-order valence-corrected chi connectivity index (χ0v) is 23.3. The van der Waals surface area contributed by atoms with Crippen molar-refractivity contribution in [3.8, 4) is 0 Å². The van der Waals surface area contributed by atoms with Gasteiger partial charge in [0.15, 0.2) is 0 Å². The molecule has 1 aromatic heterocycles. The van der Waals surface area contributed by atoms with Gasteiger partial charge >= 0.3 is 6.18 Å². The van der Waals surface area contributed by atoms with Gasteiger partial charge in [0.2, 0.25) is 5.91 Å². The Hall–Kier alpha value is -4.31. The Labute approximate surface area is 239 Å².